The van der Waals surface area contributed by atoms with Gasteiger partial charge in [0.25, 0.3) is 0 Å². The third-order valence-electron chi connectivity index (χ3n) is 5.21. The lowest BCUT2D eigenvalue weighted by molar-refractivity contribution is -0.0582. The largest absolute Gasteiger partial charge is 0.457 e. The van der Waals surface area contributed by atoms with Gasteiger partial charge in [-0.25, -0.2) is 4.39 Å². The van der Waals surface area contributed by atoms with E-state index in [9.17, 15) is 9.50 Å². The maximum Gasteiger partial charge on any atom is 0.240 e. The summed E-state index contributed by atoms with van der Waals surface area (Å²) in [6.45, 7) is 5.17. The minimum absolute atomic E-state index is 0.0557. The van der Waals surface area contributed by atoms with Crippen LogP contribution >= 0.6 is 0 Å². The average molecular weight is 439 g/mol. The molecular weight excluding hydrogens is 413 g/mol. The van der Waals surface area contributed by atoms with Gasteiger partial charge in [-0.3, -0.25) is 4.90 Å². The molecule has 0 bridgehead atoms. The maximum absolute atomic E-state index is 14.0. The molecule has 4 atom stereocenters. The van der Waals surface area contributed by atoms with Crippen molar-refractivity contribution >= 4 is 11.9 Å². The lowest BCUT2D eigenvalue weighted by Gasteiger charge is -2.26. The average Bonchev–Trinajstić information content (AvgIpc) is 3.16. The number of rotatable bonds is 7. The number of alkyl halides is 1. The van der Waals surface area contributed by atoms with Gasteiger partial charge in [-0.05, 0) is 50.6 Å². The van der Waals surface area contributed by atoms with Gasteiger partial charge in [-0.2, -0.15) is 15.0 Å². The van der Waals surface area contributed by atoms with Gasteiger partial charge in [0.15, 0.2) is 0 Å². The summed E-state index contributed by atoms with van der Waals surface area (Å²) in [5.41, 5.74) is 1.00. The van der Waals surface area contributed by atoms with Crippen LogP contribution in [0.5, 0.6) is 11.5 Å². The van der Waals surface area contributed by atoms with Crippen molar-refractivity contribution in [3.63, 3.8) is 0 Å². The quantitative estimate of drug-likeness (QED) is 0.571. The van der Waals surface area contributed by atoms with Crippen LogP contribution in [0.25, 0.3) is 0 Å². The summed E-state index contributed by atoms with van der Waals surface area (Å²) in [6, 6.07) is 16.5. The number of aliphatic hydroxyl groups is 1. The Morgan fingerprint density at radius 2 is 1.75 bits per heavy atom. The third-order valence-corrected chi connectivity index (χ3v) is 5.21. The van der Waals surface area contributed by atoms with Gasteiger partial charge in [0, 0.05) is 0 Å². The highest BCUT2D eigenvalue weighted by molar-refractivity contribution is 5.42. The number of ether oxygens (including phenoxy) is 2. The monoisotopic (exact) mass is 439 g/mol. The number of aryl methyl sites for hydroxylation is 1. The molecule has 1 saturated heterocycles. The smallest absolute Gasteiger partial charge is 0.240 e. The number of aliphatic hydroxyl groups excluding tert-OH is 1. The van der Waals surface area contributed by atoms with Crippen LogP contribution in [-0.4, -0.2) is 45.3 Å². The Hall–Kier alpha value is -3.30. The molecule has 2 aromatic carbocycles. The first-order chi connectivity index (χ1) is 15.4. The summed E-state index contributed by atoms with van der Waals surface area (Å²) in [5, 5.41) is 13.4. The fourth-order valence-electron chi connectivity index (χ4n) is 3.48. The van der Waals surface area contributed by atoms with E-state index in [0.29, 0.717) is 11.8 Å². The predicted octanol–water partition coefficient (Wildman–Crippen LogP) is 3.98. The first-order valence-electron chi connectivity index (χ1n) is 10.4. The molecule has 2 N–H and O–H groups in total. The van der Waals surface area contributed by atoms with E-state index in [0.717, 1.165) is 17.1 Å². The van der Waals surface area contributed by atoms with Crippen molar-refractivity contribution in [1.29, 1.82) is 0 Å². The molecule has 32 heavy (non-hydrogen) atoms. The first-order valence-corrected chi connectivity index (χ1v) is 10.4. The third kappa shape index (κ3) is 4.95. The van der Waals surface area contributed by atoms with Crippen LogP contribution in [0.3, 0.4) is 0 Å². The molecule has 1 fully saturated rings. The SMILES string of the molecule is Cc1nc(N[C@@H](C)c2ccc(Oc3ccccc3)cc2)nc(N2C(O)OC[C@@H]2[C@H](C)F)n1. The van der Waals surface area contributed by atoms with Gasteiger partial charge >= 0.3 is 0 Å². The predicted molar refractivity (Wildman–Crippen MR) is 118 cm³/mol. The van der Waals surface area contributed by atoms with E-state index in [1.54, 1.807) is 6.92 Å². The Labute approximate surface area is 186 Å². The van der Waals surface area contributed by atoms with Crippen molar-refractivity contribution < 1.29 is 19.0 Å². The zero-order chi connectivity index (χ0) is 22.7. The van der Waals surface area contributed by atoms with Crippen LogP contribution in [0, 0.1) is 6.92 Å². The van der Waals surface area contributed by atoms with E-state index in [4.69, 9.17) is 9.47 Å². The number of nitrogens with one attached hydrogen (secondary N) is 1. The standard InChI is InChI=1S/C23H26FN5O3/c1-14(24)20-13-31-23(30)29(20)22-27-16(3)26-21(28-22)25-15(2)17-9-11-19(12-10-17)32-18-7-5-4-6-8-18/h4-12,14-15,20,23,30H,13H2,1-3H3,(H,25,26,27,28)/t14-,15-,20+,23?/m0/s1. The minimum atomic E-state index is -1.30. The van der Waals surface area contributed by atoms with Gasteiger partial charge in [0.05, 0.1) is 18.7 Å². The van der Waals surface area contributed by atoms with Crippen LogP contribution in [0.1, 0.15) is 31.3 Å². The number of halogens is 1. The maximum atomic E-state index is 14.0. The molecule has 2 heterocycles. The highest BCUT2D eigenvalue weighted by atomic mass is 19.1. The van der Waals surface area contributed by atoms with Crippen LogP contribution in [0.4, 0.5) is 16.3 Å². The zero-order valence-corrected chi connectivity index (χ0v) is 18.1. The number of hydrogen-bond donors (Lipinski definition) is 2. The molecular formula is C23H26FN5O3. The van der Waals surface area contributed by atoms with E-state index < -0.39 is 18.6 Å². The Bertz CT molecular complexity index is 1040. The second-order valence-corrected chi connectivity index (χ2v) is 7.67. The summed E-state index contributed by atoms with van der Waals surface area (Å²) < 4.78 is 25.0. The zero-order valence-electron chi connectivity index (χ0n) is 18.1. The lowest BCUT2D eigenvalue weighted by Crippen LogP contribution is -2.43. The van der Waals surface area contributed by atoms with Gasteiger partial charge in [0.1, 0.15) is 23.5 Å². The molecule has 168 valence electrons. The molecule has 0 aliphatic carbocycles. The summed E-state index contributed by atoms with van der Waals surface area (Å²) >= 11 is 0. The molecule has 1 aliphatic rings. The van der Waals surface area contributed by atoms with Crippen molar-refractivity contribution in [2.45, 2.75) is 45.4 Å². The summed E-state index contributed by atoms with van der Waals surface area (Å²) in [7, 11) is 0. The number of para-hydroxylation sites is 1. The van der Waals surface area contributed by atoms with Crippen LogP contribution in [0.2, 0.25) is 0 Å². The fraction of sp³-hybridized carbons (Fsp3) is 0.348. The molecule has 8 nitrogen and oxygen atoms in total. The fourth-order valence-corrected chi connectivity index (χ4v) is 3.48. The van der Waals surface area contributed by atoms with Crippen LogP contribution < -0.4 is 15.0 Å². The van der Waals surface area contributed by atoms with E-state index in [1.807, 2.05) is 61.5 Å². The first kappa shape index (κ1) is 21.9. The number of benzene rings is 2. The van der Waals surface area contributed by atoms with Crippen molar-refractivity contribution in [2.24, 2.45) is 0 Å². The lowest BCUT2D eigenvalue weighted by atomic mass is 10.1. The number of nitrogens with zero attached hydrogens (tertiary/aromatic N) is 4. The Kier molecular flexibility index (Phi) is 6.48. The highest BCUT2D eigenvalue weighted by Gasteiger charge is 2.39. The molecule has 1 aliphatic heterocycles. The molecule has 9 heteroatoms. The van der Waals surface area contributed by atoms with Gasteiger partial charge in [-0.1, -0.05) is 30.3 Å². The van der Waals surface area contributed by atoms with Crippen LogP contribution in [0.15, 0.2) is 54.6 Å². The Balaban J connectivity index is 1.48. The van der Waals surface area contributed by atoms with Gasteiger partial charge < -0.3 is 19.9 Å². The minimum Gasteiger partial charge on any atom is -0.457 e. The second kappa shape index (κ2) is 9.46. The summed E-state index contributed by atoms with van der Waals surface area (Å²) in [5.74, 6) is 2.45. The van der Waals surface area contributed by atoms with Gasteiger partial charge in [-0.15, -0.1) is 0 Å². The number of hydrogen-bond acceptors (Lipinski definition) is 8. The van der Waals surface area contributed by atoms with Crippen molar-refractivity contribution in [3.05, 3.63) is 66.0 Å². The molecule has 1 unspecified atom stereocenters. The van der Waals surface area contributed by atoms with Gasteiger partial charge in [0.2, 0.25) is 18.3 Å². The van der Waals surface area contributed by atoms with E-state index in [-0.39, 0.29) is 18.6 Å². The molecule has 0 amide bonds. The van der Waals surface area contributed by atoms with Crippen LogP contribution in [-0.2, 0) is 4.74 Å². The molecule has 0 saturated carbocycles. The van der Waals surface area contributed by atoms with E-state index in [1.165, 1.54) is 11.8 Å². The molecule has 0 spiro atoms. The Morgan fingerprint density at radius 1 is 1.06 bits per heavy atom. The number of aromatic nitrogens is 3. The van der Waals surface area contributed by atoms with Crippen molar-refractivity contribution in [1.82, 2.24) is 15.0 Å². The van der Waals surface area contributed by atoms with Crippen molar-refractivity contribution in [3.8, 4) is 11.5 Å². The number of anilines is 2. The van der Waals surface area contributed by atoms with E-state index >= 15 is 0 Å². The topological polar surface area (TPSA) is 92.6 Å². The second-order valence-electron chi connectivity index (χ2n) is 7.67. The molecule has 0 radical (unpaired) electrons. The normalized spacial score (nSPS) is 20.1. The summed E-state index contributed by atoms with van der Waals surface area (Å²) in [6.07, 6.45) is -2.53. The van der Waals surface area contributed by atoms with Crippen molar-refractivity contribution in [2.75, 3.05) is 16.8 Å². The Morgan fingerprint density at radius 3 is 2.44 bits per heavy atom. The molecule has 1 aromatic heterocycles. The highest BCUT2D eigenvalue weighted by Crippen LogP contribution is 2.27. The van der Waals surface area contributed by atoms with E-state index in [2.05, 4.69) is 20.3 Å². The molecule has 4 rings (SSSR count). The molecule has 3 aromatic rings. The summed E-state index contributed by atoms with van der Waals surface area (Å²) in [4.78, 5) is 14.3.